The summed E-state index contributed by atoms with van der Waals surface area (Å²) in [5.41, 5.74) is -0.949. The van der Waals surface area contributed by atoms with Crippen LogP contribution in [0.2, 0.25) is 0 Å². The van der Waals surface area contributed by atoms with Crippen molar-refractivity contribution in [1.82, 2.24) is 4.98 Å². The molecule has 0 saturated carbocycles. The zero-order chi connectivity index (χ0) is 10.7. The first kappa shape index (κ1) is 10.8. The molecular formula is C8H8F3NO2. The number of nitrogens with zero attached hydrogens (tertiary/aromatic N) is 1. The van der Waals surface area contributed by atoms with Crippen LogP contribution in [0.1, 0.15) is 17.8 Å². The number of methoxy groups -OCH3 is 1. The maximum absolute atomic E-state index is 13.0. The average Bonchev–Trinajstić information content (AvgIpc) is 2.16. The molecule has 0 aromatic carbocycles. The lowest BCUT2D eigenvalue weighted by molar-refractivity contribution is 0.139. The number of alkyl halides is 2. The summed E-state index contributed by atoms with van der Waals surface area (Å²) in [7, 11) is 1.07. The van der Waals surface area contributed by atoms with Crippen LogP contribution in [0.3, 0.4) is 0 Å². The van der Waals surface area contributed by atoms with Crippen molar-refractivity contribution in [1.29, 1.82) is 0 Å². The van der Waals surface area contributed by atoms with Gasteiger partial charge in [0.1, 0.15) is 0 Å². The molecule has 0 fully saturated rings. The molecule has 0 aliphatic heterocycles. The molecular weight excluding hydrogens is 199 g/mol. The van der Waals surface area contributed by atoms with Crippen LogP contribution in [0.5, 0.6) is 5.75 Å². The van der Waals surface area contributed by atoms with E-state index in [9.17, 15) is 13.2 Å². The van der Waals surface area contributed by atoms with E-state index in [0.717, 1.165) is 13.2 Å². The Morgan fingerprint density at radius 1 is 1.57 bits per heavy atom. The van der Waals surface area contributed by atoms with E-state index in [0.29, 0.717) is 0 Å². The van der Waals surface area contributed by atoms with Crippen LogP contribution >= 0.6 is 0 Å². The van der Waals surface area contributed by atoms with Crippen molar-refractivity contribution in [3.63, 3.8) is 0 Å². The number of pyridine rings is 1. The Morgan fingerprint density at radius 2 is 2.21 bits per heavy atom. The highest BCUT2D eigenvalue weighted by Gasteiger charge is 2.20. The molecule has 6 heteroatoms. The van der Waals surface area contributed by atoms with E-state index < -0.39 is 30.3 Å². The van der Waals surface area contributed by atoms with Crippen LogP contribution < -0.4 is 4.74 Å². The Bertz CT molecular complexity index is 331. The Kier molecular flexibility index (Phi) is 3.29. The predicted molar refractivity (Wildman–Crippen MR) is 41.6 cm³/mol. The van der Waals surface area contributed by atoms with E-state index in [4.69, 9.17) is 5.11 Å². The molecule has 1 aromatic rings. The fraction of sp³-hybridized carbons (Fsp3) is 0.375. The van der Waals surface area contributed by atoms with Gasteiger partial charge in [0.2, 0.25) is 0 Å². The Morgan fingerprint density at radius 3 is 2.64 bits per heavy atom. The van der Waals surface area contributed by atoms with Crippen molar-refractivity contribution in [2.75, 3.05) is 7.11 Å². The van der Waals surface area contributed by atoms with E-state index in [-0.39, 0.29) is 5.69 Å². The summed E-state index contributed by atoms with van der Waals surface area (Å²) in [4.78, 5) is 3.36. The first-order valence-corrected chi connectivity index (χ1v) is 3.72. The zero-order valence-corrected chi connectivity index (χ0v) is 7.30. The Balaban J connectivity index is 3.28. The summed E-state index contributed by atoms with van der Waals surface area (Å²) < 4.78 is 42.1. The van der Waals surface area contributed by atoms with Crippen LogP contribution in [0, 0.1) is 5.82 Å². The third-order valence-electron chi connectivity index (χ3n) is 1.58. The van der Waals surface area contributed by atoms with E-state index >= 15 is 0 Å². The second-order valence-corrected chi connectivity index (χ2v) is 2.47. The first-order valence-electron chi connectivity index (χ1n) is 3.72. The molecule has 0 atom stereocenters. The van der Waals surface area contributed by atoms with Gasteiger partial charge in [0.15, 0.2) is 17.3 Å². The molecule has 0 aliphatic carbocycles. The van der Waals surface area contributed by atoms with Crippen LogP contribution in [0.4, 0.5) is 13.2 Å². The lowest BCUT2D eigenvalue weighted by atomic mass is 10.2. The number of aliphatic hydroxyl groups is 1. The second kappa shape index (κ2) is 4.28. The average molecular weight is 207 g/mol. The molecule has 1 rings (SSSR count). The maximum Gasteiger partial charge on any atom is 0.284 e. The Hall–Kier alpha value is -1.30. The fourth-order valence-corrected chi connectivity index (χ4v) is 1.00. The van der Waals surface area contributed by atoms with Crippen molar-refractivity contribution in [2.45, 2.75) is 13.0 Å². The molecule has 1 aromatic heterocycles. The molecule has 0 radical (unpaired) electrons. The molecule has 3 nitrogen and oxygen atoms in total. The lowest BCUT2D eigenvalue weighted by Crippen LogP contribution is -2.03. The quantitative estimate of drug-likeness (QED) is 0.819. The van der Waals surface area contributed by atoms with Crippen molar-refractivity contribution in [3.8, 4) is 5.75 Å². The van der Waals surface area contributed by atoms with Gasteiger partial charge in [-0.1, -0.05) is 0 Å². The first-order chi connectivity index (χ1) is 6.60. The standard InChI is InChI=1S/C8H8F3NO2/c1-14-7-5(9)2-4(3-13)12-6(7)8(10)11/h2,8,13H,3H2,1H3. The fourth-order valence-electron chi connectivity index (χ4n) is 1.00. The molecule has 1 N–H and O–H groups in total. The molecule has 0 unspecified atom stereocenters. The largest absolute Gasteiger partial charge is 0.492 e. The van der Waals surface area contributed by atoms with Crippen LogP contribution in [0.25, 0.3) is 0 Å². The number of rotatable bonds is 3. The number of halogens is 3. The summed E-state index contributed by atoms with van der Waals surface area (Å²) in [5, 5.41) is 8.62. The Labute approximate surface area is 78.2 Å². The number of hydrogen-bond donors (Lipinski definition) is 1. The van der Waals surface area contributed by atoms with E-state index in [2.05, 4.69) is 9.72 Å². The van der Waals surface area contributed by atoms with Crippen molar-refractivity contribution in [3.05, 3.63) is 23.3 Å². The second-order valence-electron chi connectivity index (χ2n) is 2.47. The minimum atomic E-state index is -2.94. The zero-order valence-electron chi connectivity index (χ0n) is 7.30. The lowest BCUT2D eigenvalue weighted by Gasteiger charge is -2.09. The number of hydrogen-bond acceptors (Lipinski definition) is 3. The number of ether oxygens (including phenoxy) is 1. The van der Waals surface area contributed by atoms with Gasteiger partial charge in [-0.25, -0.2) is 18.2 Å². The summed E-state index contributed by atoms with van der Waals surface area (Å²) in [6.07, 6.45) is -2.94. The normalized spacial score (nSPS) is 10.7. The molecule has 0 bridgehead atoms. The SMILES string of the molecule is COc1c(F)cc(CO)nc1C(F)F. The van der Waals surface area contributed by atoms with E-state index in [1.165, 1.54) is 0 Å². The minimum absolute atomic E-state index is 0.154. The van der Waals surface area contributed by atoms with E-state index in [1.807, 2.05) is 0 Å². The molecule has 0 saturated heterocycles. The molecule has 0 amide bonds. The molecule has 14 heavy (non-hydrogen) atoms. The van der Waals surface area contributed by atoms with Crippen molar-refractivity contribution >= 4 is 0 Å². The highest BCUT2D eigenvalue weighted by atomic mass is 19.3. The number of aromatic nitrogens is 1. The predicted octanol–water partition coefficient (Wildman–Crippen LogP) is 1.66. The van der Waals surface area contributed by atoms with Crippen LogP contribution in [-0.2, 0) is 6.61 Å². The molecule has 1 heterocycles. The van der Waals surface area contributed by atoms with Crippen LogP contribution in [-0.4, -0.2) is 17.2 Å². The summed E-state index contributed by atoms with van der Waals surface area (Å²) in [6, 6.07) is 0.852. The van der Waals surface area contributed by atoms with Gasteiger partial charge < -0.3 is 9.84 Å². The number of aliphatic hydroxyl groups excluding tert-OH is 1. The van der Waals surface area contributed by atoms with Gasteiger partial charge in [-0.2, -0.15) is 0 Å². The van der Waals surface area contributed by atoms with Gasteiger partial charge >= 0.3 is 0 Å². The summed E-state index contributed by atoms with van der Waals surface area (Å²) in [6.45, 7) is -0.597. The van der Waals surface area contributed by atoms with Crippen molar-refractivity contribution < 1.29 is 23.0 Å². The minimum Gasteiger partial charge on any atom is -0.492 e. The maximum atomic E-state index is 13.0. The third-order valence-corrected chi connectivity index (χ3v) is 1.58. The van der Waals surface area contributed by atoms with Gasteiger partial charge in [-0.15, -0.1) is 0 Å². The van der Waals surface area contributed by atoms with Gasteiger partial charge in [-0.05, 0) is 0 Å². The smallest absolute Gasteiger partial charge is 0.284 e. The van der Waals surface area contributed by atoms with Gasteiger partial charge in [0.25, 0.3) is 6.43 Å². The van der Waals surface area contributed by atoms with Gasteiger partial charge in [0.05, 0.1) is 19.4 Å². The monoisotopic (exact) mass is 207 g/mol. The van der Waals surface area contributed by atoms with Crippen LogP contribution in [0.15, 0.2) is 6.07 Å². The topological polar surface area (TPSA) is 42.4 Å². The van der Waals surface area contributed by atoms with E-state index in [1.54, 1.807) is 0 Å². The van der Waals surface area contributed by atoms with Crippen molar-refractivity contribution in [2.24, 2.45) is 0 Å². The summed E-state index contributed by atoms with van der Waals surface area (Å²) in [5.74, 6) is -1.54. The van der Waals surface area contributed by atoms with Gasteiger partial charge in [-0.3, -0.25) is 0 Å². The molecule has 78 valence electrons. The third kappa shape index (κ3) is 1.95. The highest BCUT2D eigenvalue weighted by molar-refractivity contribution is 5.32. The highest BCUT2D eigenvalue weighted by Crippen LogP contribution is 2.29. The molecule has 0 spiro atoms. The van der Waals surface area contributed by atoms with Gasteiger partial charge in [0, 0.05) is 6.07 Å². The summed E-state index contributed by atoms with van der Waals surface area (Å²) >= 11 is 0. The molecule has 0 aliphatic rings.